The van der Waals surface area contributed by atoms with Gasteiger partial charge >= 0.3 is 0 Å². The Balaban J connectivity index is 1.27. The highest BCUT2D eigenvalue weighted by molar-refractivity contribution is 6.32. The van der Waals surface area contributed by atoms with Crippen molar-refractivity contribution in [2.75, 3.05) is 37.7 Å². The maximum absolute atomic E-state index is 12.9. The zero-order chi connectivity index (χ0) is 26.8. The molecule has 1 saturated heterocycles. The Morgan fingerprint density at radius 3 is 2.36 bits per heavy atom. The van der Waals surface area contributed by atoms with Crippen molar-refractivity contribution in [2.24, 2.45) is 0 Å². The van der Waals surface area contributed by atoms with E-state index in [-0.39, 0.29) is 12.5 Å². The lowest BCUT2D eigenvalue weighted by atomic mass is 10.1. The van der Waals surface area contributed by atoms with Gasteiger partial charge in [-0.25, -0.2) is 9.97 Å². The number of aromatic nitrogens is 3. The van der Waals surface area contributed by atoms with E-state index in [4.69, 9.17) is 21.3 Å². The van der Waals surface area contributed by atoms with Gasteiger partial charge in [0, 0.05) is 37.9 Å². The van der Waals surface area contributed by atoms with E-state index in [2.05, 4.69) is 28.2 Å². The summed E-state index contributed by atoms with van der Waals surface area (Å²) in [6.07, 6.45) is 3.69. The van der Waals surface area contributed by atoms with Gasteiger partial charge in [-0.1, -0.05) is 71.8 Å². The molecule has 7 nitrogen and oxygen atoms in total. The molecule has 3 aromatic carbocycles. The first-order chi connectivity index (χ1) is 19.1. The maximum Gasteiger partial charge on any atom is 0.260 e. The molecule has 6 rings (SSSR count). The number of piperazine rings is 1. The fraction of sp³-hybridized carbons (Fsp3) is 0.194. The van der Waals surface area contributed by atoms with E-state index in [1.165, 1.54) is 0 Å². The monoisotopic (exact) mass is 537 g/mol. The molecule has 1 amide bonds. The minimum Gasteiger partial charge on any atom is -0.484 e. The number of hydrogen-bond acceptors (Lipinski definition) is 5. The predicted octanol–water partition coefficient (Wildman–Crippen LogP) is 5.78. The Bertz CT molecular complexity index is 1610. The van der Waals surface area contributed by atoms with Crippen LogP contribution in [0.1, 0.15) is 5.56 Å². The number of halogens is 1. The van der Waals surface area contributed by atoms with Crippen LogP contribution in [0, 0.1) is 6.92 Å². The molecule has 0 atom stereocenters. The number of carbonyl (C=O) groups is 1. The Labute approximate surface area is 232 Å². The maximum atomic E-state index is 12.9. The van der Waals surface area contributed by atoms with Crippen molar-refractivity contribution in [1.82, 2.24) is 19.4 Å². The van der Waals surface area contributed by atoms with Crippen molar-refractivity contribution < 1.29 is 9.53 Å². The molecule has 0 radical (unpaired) electrons. The smallest absolute Gasteiger partial charge is 0.260 e. The number of carbonyl (C=O) groups excluding carboxylic acids is 1. The second-order valence-electron chi connectivity index (χ2n) is 9.60. The third kappa shape index (κ3) is 5.05. The highest BCUT2D eigenvalue weighted by atomic mass is 35.5. The van der Waals surface area contributed by atoms with Crippen LogP contribution in [0.2, 0.25) is 5.02 Å². The lowest BCUT2D eigenvalue weighted by Gasteiger charge is -2.35. The minimum atomic E-state index is -0.0158. The van der Waals surface area contributed by atoms with Crippen LogP contribution in [0.5, 0.6) is 5.75 Å². The van der Waals surface area contributed by atoms with E-state index in [1.54, 1.807) is 6.33 Å². The average Bonchev–Trinajstić information content (AvgIpc) is 3.37. The molecule has 1 fully saturated rings. The quantitative estimate of drug-likeness (QED) is 0.275. The summed E-state index contributed by atoms with van der Waals surface area (Å²) >= 11 is 6.60. The first-order valence-electron chi connectivity index (χ1n) is 13.0. The molecule has 1 aliphatic rings. The average molecular weight is 538 g/mol. The number of nitrogens with zero attached hydrogens (tertiary/aromatic N) is 5. The minimum absolute atomic E-state index is 0.0158. The SMILES string of the molecule is Cc1ccc(OCC(=O)N2CCN(c3ncnc4c3c(-c3ccccc3)cn4-c3ccccc3Cl)CC2)cc1. The van der Waals surface area contributed by atoms with Crippen LogP contribution in [0.25, 0.3) is 27.8 Å². The molecule has 0 unspecified atom stereocenters. The summed E-state index contributed by atoms with van der Waals surface area (Å²) in [5.74, 6) is 1.54. The van der Waals surface area contributed by atoms with Crippen molar-refractivity contribution in [3.05, 3.63) is 102 Å². The van der Waals surface area contributed by atoms with Crippen LogP contribution < -0.4 is 9.64 Å². The van der Waals surface area contributed by atoms with E-state index < -0.39 is 0 Å². The number of rotatable bonds is 6. The number of fused-ring (bicyclic) bond motifs is 1. The van der Waals surface area contributed by atoms with Crippen LogP contribution in [0.15, 0.2) is 91.4 Å². The fourth-order valence-corrected chi connectivity index (χ4v) is 5.22. The van der Waals surface area contributed by atoms with E-state index in [0.29, 0.717) is 37.0 Å². The number of para-hydroxylation sites is 1. The van der Waals surface area contributed by atoms with Crippen molar-refractivity contribution >= 4 is 34.4 Å². The summed E-state index contributed by atoms with van der Waals surface area (Å²) in [6, 6.07) is 25.7. The Hall–Kier alpha value is -4.36. The molecule has 39 heavy (non-hydrogen) atoms. The van der Waals surface area contributed by atoms with Crippen LogP contribution in [-0.4, -0.2) is 58.1 Å². The van der Waals surface area contributed by atoms with Gasteiger partial charge in [0.15, 0.2) is 12.3 Å². The van der Waals surface area contributed by atoms with Crippen molar-refractivity contribution in [1.29, 1.82) is 0 Å². The third-order valence-electron chi connectivity index (χ3n) is 7.07. The second kappa shape index (κ2) is 10.8. The molecule has 0 aliphatic carbocycles. The first kappa shape index (κ1) is 24.9. The van der Waals surface area contributed by atoms with Gasteiger partial charge in [0.1, 0.15) is 17.9 Å². The van der Waals surface area contributed by atoms with E-state index in [1.807, 2.05) is 83.1 Å². The second-order valence-corrected chi connectivity index (χ2v) is 10.0. The molecule has 0 saturated carbocycles. The summed E-state index contributed by atoms with van der Waals surface area (Å²) in [5.41, 5.74) is 4.91. The lowest BCUT2D eigenvalue weighted by Crippen LogP contribution is -2.50. The molecule has 2 aromatic heterocycles. The van der Waals surface area contributed by atoms with Gasteiger partial charge in [0.2, 0.25) is 0 Å². The summed E-state index contributed by atoms with van der Waals surface area (Å²) in [4.78, 5) is 26.4. The zero-order valence-corrected chi connectivity index (χ0v) is 22.4. The molecular formula is C31H28ClN5O2. The Morgan fingerprint density at radius 2 is 1.62 bits per heavy atom. The molecular weight excluding hydrogens is 510 g/mol. The Morgan fingerprint density at radius 1 is 0.897 bits per heavy atom. The number of anilines is 1. The van der Waals surface area contributed by atoms with Gasteiger partial charge in [-0.3, -0.25) is 9.36 Å². The van der Waals surface area contributed by atoms with Gasteiger partial charge in [-0.05, 0) is 36.8 Å². The highest BCUT2D eigenvalue weighted by Crippen LogP contribution is 2.38. The highest BCUT2D eigenvalue weighted by Gasteiger charge is 2.26. The van der Waals surface area contributed by atoms with Crippen molar-refractivity contribution in [2.45, 2.75) is 6.92 Å². The topological polar surface area (TPSA) is 63.5 Å². The molecule has 196 valence electrons. The zero-order valence-electron chi connectivity index (χ0n) is 21.6. The van der Waals surface area contributed by atoms with Crippen LogP contribution >= 0.6 is 11.6 Å². The Kier molecular flexibility index (Phi) is 6.90. The molecule has 0 bridgehead atoms. The summed E-state index contributed by atoms with van der Waals surface area (Å²) in [5, 5.41) is 1.61. The van der Waals surface area contributed by atoms with E-state index >= 15 is 0 Å². The van der Waals surface area contributed by atoms with Crippen molar-refractivity contribution in [3.63, 3.8) is 0 Å². The lowest BCUT2D eigenvalue weighted by molar-refractivity contribution is -0.133. The van der Waals surface area contributed by atoms with Crippen molar-refractivity contribution in [3.8, 4) is 22.6 Å². The molecule has 8 heteroatoms. The van der Waals surface area contributed by atoms with E-state index in [0.717, 1.165) is 39.2 Å². The number of amides is 1. The summed E-state index contributed by atoms with van der Waals surface area (Å²) < 4.78 is 7.76. The number of aryl methyl sites for hydroxylation is 1. The van der Waals surface area contributed by atoms with Gasteiger partial charge in [0.25, 0.3) is 5.91 Å². The van der Waals surface area contributed by atoms with Crippen LogP contribution in [-0.2, 0) is 4.79 Å². The summed E-state index contributed by atoms with van der Waals surface area (Å²) in [6.45, 7) is 4.55. The third-order valence-corrected chi connectivity index (χ3v) is 7.39. The number of benzene rings is 3. The largest absolute Gasteiger partial charge is 0.484 e. The first-order valence-corrected chi connectivity index (χ1v) is 13.3. The number of ether oxygens (including phenoxy) is 1. The van der Waals surface area contributed by atoms with Gasteiger partial charge in [-0.15, -0.1) is 0 Å². The van der Waals surface area contributed by atoms with Crippen LogP contribution in [0.4, 0.5) is 5.82 Å². The fourth-order valence-electron chi connectivity index (χ4n) is 4.99. The summed E-state index contributed by atoms with van der Waals surface area (Å²) in [7, 11) is 0. The molecule has 0 N–H and O–H groups in total. The van der Waals surface area contributed by atoms with Gasteiger partial charge in [-0.2, -0.15) is 0 Å². The molecule has 0 spiro atoms. The molecule has 1 aliphatic heterocycles. The van der Waals surface area contributed by atoms with Crippen LogP contribution in [0.3, 0.4) is 0 Å². The standard InChI is InChI=1S/C31H28ClN5O2/c1-22-11-13-24(14-12-22)39-20-28(38)35-15-17-36(18-16-35)30-29-25(23-7-3-2-4-8-23)19-37(31(29)34-21-33-30)27-10-6-5-9-26(27)32/h2-14,19,21H,15-18,20H2,1H3. The molecule has 3 heterocycles. The molecule has 5 aromatic rings. The number of hydrogen-bond donors (Lipinski definition) is 0. The van der Waals surface area contributed by atoms with Gasteiger partial charge < -0.3 is 14.5 Å². The normalized spacial score (nSPS) is 13.6. The van der Waals surface area contributed by atoms with Gasteiger partial charge in [0.05, 0.1) is 16.1 Å². The van der Waals surface area contributed by atoms with E-state index in [9.17, 15) is 4.79 Å². The predicted molar refractivity (Wildman–Crippen MR) is 155 cm³/mol.